The summed E-state index contributed by atoms with van der Waals surface area (Å²) in [5, 5.41) is 19.4. The van der Waals surface area contributed by atoms with Crippen molar-refractivity contribution in [2.24, 2.45) is 0 Å². The van der Waals surface area contributed by atoms with Gasteiger partial charge in [0.2, 0.25) is 0 Å². The summed E-state index contributed by atoms with van der Waals surface area (Å²) in [5.41, 5.74) is 3.28. The standard InChI is InChI=1S/C22H17Cl2N3O2/c1-27(14-5-3-2-4-6-14)22(29)16-11-15-19(25-26-20(15)12-21(16)28)10-13-7-8-17(23)18(24)9-13/h2-9,11-12,28H,10H2,1H3,(H,25,26). The highest BCUT2D eigenvalue weighted by Gasteiger charge is 2.20. The summed E-state index contributed by atoms with van der Waals surface area (Å²) in [5.74, 6) is -0.410. The number of phenolic OH excluding ortho intramolecular Hbond substituents is 1. The predicted molar refractivity (Wildman–Crippen MR) is 116 cm³/mol. The van der Waals surface area contributed by atoms with Crippen molar-refractivity contribution in [2.75, 3.05) is 11.9 Å². The lowest BCUT2D eigenvalue weighted by molar-refractivity contribution is 0.0990. The van der Waals surface area contributed by atoms with Gasteiger partial charge in [0.1, 0.15) is 5.75 Å². The summed E-state index contributed by atoms with van der Waals surface area (Å²) in [6, 6.07) is 17.9. The van der Waals surface area contributed by atoms with Crippen molar-refractivity contribution >= 4 is 45.7 Å². The Hall–Kier alpha value is -3.02. The number of hydrogen-bond donors (Lipinski definition) is 2. The van der Waals surface area contributed by atoms with Crippen LogP contribution in [0.3, 0.4) is 0 Å². The number of anilines is 1. The third-order valence-corrected chi connectivity index (χ3v) is 5.53. The van der Waals surface area contributed by atoms with E-state index in [2.05, 4.69) is 10.2 Å². The van der Waals surface area contributed by atoms with Gasteiger partial charge in [-0.2, -0.15) is 5.10 Å². The van der Waals surface area contributed by atoms with Crippen LogP contribution in [-0.2, 0) is 6.42 Å². The number of nitrogens with one attached hydrogen (secondary N) is 1. The van der Waals surface area contributed by atoms with Gasteiger partial charge in [-0.25, -0.2) is 0 Å². The molecule has 0 fully saturated rings. The molecular weight excluding hydrogens is 409 g/mol. The monoisotopic (exact) mass is 425 g/mol. The SMILES string of the molecule is CN(C(=O)c1cc2c(Cc3ccc(Cl)c(Cl)c3)n[nH]c2cc1O)c1ccccc1. The lowest BCUT2D eigenvalue weighted by Gasteiger charge is -2.18. The number of amides is 1. The minimum Gasteiger partial charge on any atom is -0.507 e. The molecule has 0 aliphatic carbocycles. The molecule has 0 aliphatic rings. The van der Waals surface area contributed by atoms with E-state index < -0.39 is 0 Å². The molecule has 2 N–H and O–H groups in total. The molecule has 0 spiro atoms. The molecule has 1 aromatic heterocycles. The highest BCUT2D eigenvalue weighted by Crippen LogP contribution is 2.30. The van der Waals surface area contributed by atoms with Crippen LogP contribution in [0, 0.1) is 0 Å². The number of benzene rings is 3. The van der Waals surface area contributed by atoms with E-state index in [0.717, 1.165) is 22.3 Å². The van der Waals surface area contributed by atoms with Gasteiger partial charge in [0.25, 0.3) is 5.91 Å². The molecular formula is C22H17Cl2N3O2. The Morgan fingerprint density at radius 2 is 1.83 bits per heavy atom. The number of halogens is 2. The number of aromatic nitrogens is 2. The molecule has 1 amide bonds. The summed E-state index contributed by atoms with van der Waals surface area (Å²) >= 11 is 12.1. The molecule has 0 saturated carbocycles. The van der Waals surface area contributed by atoms with E-state index in [1.54, 1.807) is 25.2 Å². The fraction of sp³-hybridized carbons (Fsp3) is 0.0909. The molecule has 0 unspecified atom stereocenters. The number of para-hydroxylation sites is 1. The molecule has 0 bridgehead atoms. The third-order valence-electron chi connectivity index (χ3n) is 4.79. The average molecular weight is 426 g/mol. The topological polar surface area (TPSA) is 69.2 Å². The van der Waals surface area contributed by atoms with Crippen molar-refractivity contribution in [1.29, 1.82) is 0 Å². The van der Waals surface area contributed by atoms with Crippen LogP contribution in [0.5, 0.6) is 5.75 Å². The van der Waals surface area contributed by atoms with Crippen LogP contribution in [0.1, 0.15) is 21.6 Å². The lowest BCUT2D eigenvalue weighted by atomic mass is 10.0. The first-order chi connectivity index (χ1) is 13.9. The van der Waals surface area contributed by atoms with Crippen LogP contribution in [0.25, 0.3) is 10.9 Å². The highest BCUT2D eigenvalue weighted by atomic mass is 35.5. The van der Waals surface area contributed by atoms with Gasteiger partial charge in [0.05, 0.1) is 26.8 Å². The number of aromatic amines is 1. The molecule has 29 heavy (non-hydrogen) atoms. The second-order valence-corrected chi connectivity index (χ2v) is 7.52. The fourth-order valence-electron chi connectivity index (χ4n) is 3.21. The summed E-state index contributed by atoms with van der Waals surface area (Å²) in [4.78, 5) is 14.5. The molecule has 1 heterocycles. The number of fused-ring (bicyclic) bond motifs is 1. The third kappa shape index (κ3) is 3.79. The van der Waals surface area contributed by atoms with E-state index >= 15 is 0 Å². The highest BCUT2D eigenvalue weighted by molar-refractivity contribution is 6.42. The molecule has 0 atom stereocenters. The molecule has 0 radical (unpaired) electrons. The van der Waals surface area contributed by atoms with Gasteiger partial charge in [-0.3, -0.25) is 9.89 Å². The molecule has 3 aromatic carbocycles. The van der Waals surface area contributed by atoms with E-state index in [0.29, 0.717) is 22.0 Å². The number of carbonyl (C=O) groups excluding carboxylic acids is 1. The van der Waals surface area contributed by atoms with Crippen LogP contribution < -0.4 is 4.90 Å². The minimum absolute atomic E-state index is 0.102. The predicted octanol–water partition coefficient (Wildman–Crippen LogP) is 5.44. The Morgan fingerprint density at radius 3 is 2.55 bits per heavy atom. The quantitative estimate of drug-likeness (QED) is 0.457. The van der Waals surface area contributed by atoms with Crippen LogP contribution in [-0.4, -0.2) is 28.3 Å². The fourth-order valence-corrected chi connectivity index (χ4v) is 3.53. The summed E-state index contributed by atoms with van der Waals surface area (Å²) in [7, 11) is 1.67. The normalized spacial score (nSPS) is 11.0. The first kappa shape index (κ1) is 19.3. The van der Waals surface area contributed by atoms with Gasteiger partial charge in [0, 0.05) is 30.6 Å². The van der Waals surface area contributed by atoms with Crippen LogP contribution in [0.15, 0.2) is 60.7 Å². The molecule has 146 valence electrons. The first-order valence-electron chi connectivity index (χ1n) is 8.91. The van der Waals surface area contributed by atoms with E-state index in [-0.39, 0.29) is 17.2 Å². The zero-order valence-electron chi connectivity index (χ0n) is 15.5. The largest absolute Gasteiger partial charge is 0.507 e. The van der Waals surface area contributed by atoms with E-state index in [1.807, 2.05) is 36.4 Å². The van der Waals surface area contributed by atoms with Gasteiger partial charge in [-0.05, 0) is 35.9 Å². The smallest absolute Gasteiger partial charge is 0.261 e. The van der Waals surface area contributed by atoms with Crippen molar-refractivity contribution in [1.82, 2.24) is 10.2 Å². The van der Waals surface area contributed by atoms with Crippen molar-refractivity contribution < 1.29 is 9.90 Å². The van der Waals surface area contributed by atoms with Crippen LogP contribution >= 0.6 is 23.2 Å². The van der Waals surface area contributed by atoms with Gasteiger partial charge >= 0.3 is 0 Å². The Morgan fingerprint density at radius 1 is 1.07 bits per heavy atom. The Balaban J connectivity index is 1.71. The maximum absolute atomic E-state index is 13.0. The summed E-state index contributed by atoms with van der Waals surface area (Å²) in [6.45, 7) is 0. The van der Waals surface area contributed by atoms with Crippen molar-refractivity contribution in [3.05, 3.63) is 87.5 Å². The van der Waals surface area contributed by atoms with E-state index in [1.165, 1.54) is 11.0 Å². The Labute approximate surface area is 177 Å². The van der Waals surface area contributed by atoms with Crippen LogP contribution in [0.4, 0.5) is 5.69 Å². The summed E-state index contributed by atoms with van der Waals surface area (Å²) < 4.78 is 0. The first-order valence-corrected chi connectivity index (χ1v) is 9.66. The number of rotatable bonds is 4. The van der Waals surface area contributed by atoms with Crippen LogP contribution in [0.2, 0.25) is 10.0 Å². The summed E-state index contributed by atoms with van der Waals surface area (Å²) in [6.07, 6.45) is 0.504. The van der Waals surface area contributed by atoms with E-state index in [9.17, 15) is 9.90 Å². The maximum atomic E-state index is 13.0. The van der Waals surface area contributed by atoms with Gasteiger partial charge < -0.3 is 10.0 Å². The number of aromatic hydroxyl groups is 1. The second kappa shape index (κ2) is 7.78. The Kier molecular flexibility index (Phi) is 5.18. The van der Waals surface area contributed by atoms with E-state index in [4.69, 9.17) is 23.2 Å². The number of carbonyl (C=O) groups is 1. The lowest BCUT2D eigenvalue weighted by Crippen LogP contribution is -2.26. The zero-order valence-corrected chi connectivity index (χ0v) is 17.0. The number of nitrogens with zero attached hydrogens (tertiary/aromatic N) is 2. The van der Waals surface area contributed by atoms with Gasteiger partial charge in [0.15, 0.2) is 0 Å². The number of hydrogen-bond acceptors (Lipinski definition) is 3. The van der Waals surface area contributed by atoms with Crippen molar-refractivity contribution in [3.63, 3.8) is 0 Å². The molecule has 4 rings (SSSR count). The molecule has 0 aliphatic heterocycles. The van der Waals surface area contributed by atoms with Gasteiger partial charge in [-0.1, -0.05) is 47.5 Å². The molecule has 4 aromatic rings. The van der Waals surface area contributed by atoms with Crippen molar-refractivity contribution in [2.45, 2.75) is 6.42 Å². The average Bonchev–Trinajstić information content (AvgIpc) is 3.11. The Bertz CT molecular complexity index is 1210. The maximum Gasteiger partial charge on any atom is 0.261 e. The molecule has 0 saturated heterocycles. The van der Waals surface area contributed by atoms with Gasteiger partial charge in [-0.15, -0.1) is 0 Å². The minimum atomic E-state index is -0.308. The zero-order chi connectivity index (χ0) is 20.5. The van der Waals surface area contributed by atoms with Crippen molar-refractivity contribution in [3.8, 4) is 5.75 Å². The molecule has 7 heteroatoms. The number of phenols is 1. The second-order valence-electron chi connectivity index (χ2n) is 6.71. The number of H-pyrrole nitrogens is 1. The molecule has 5 nitrogen and oxygen atoms in total.